The molecule has 1 fully saturated rings. The lowest BCUT2D eigenvalue weighted by Crippen LogP contribution is -2.54. The fourth-order valence-electron chi connectivity index (χ4n) is 2.55. The Morgan fingerprint density at radius 3 is 3.00 bits per heavy atom. The second-order valence-corrected chi connectivity index (χ2v) is 5.33. The van der Waals surface area contributed by atoms with E-state index < -0.39 is 0 Å². The molecule has 1 aliphatic rings. The fourth-order valence-corrected chi connectivity index (χ4v) is 2.55. The molecule has 7 heteroatoms. The first kappa shape index (κ1) is 15.5. The van der Waals surface area contributed by atoms with E-state index in [1.165, 1.54) is 6.33 Å². The predicted molar refractivity (Wildman–Crippen MR) is 81.2 cm³/mol. The summed E-state index contributed by atoms with van der Waals surface area (Å²) in [6.07, 6.45) is 1.45. The highest BCUT2D eigenvalue weighted by Crippen LogP contribution is 2.31. The standard InChI is InChI=1S/C14H23N5O2/c1-4-16-14(20)10-7-21-6-5-19(10)13-11(9(2)3)12(15)17-8-18-13/h8-10H,4-7H2,1-3H3,(H,16,20)(H2,15,17,18). The van der Waals surface area contributed by atoms with Gasteiger partial charge in [-0.25, -0.2) is 9.97 Å². The fraction of sp³-hybridized carbons (Fsp3) is 0.643. The van der Waals surface area contributed by atoms with Crippen molar-refractivity contribution < 1.29 is 9.53 Å². The third-order valence-electron chi connectivity index (χ3n) is 3.53. The first-order valence-electron chi connectivity index (χ1n) is 7.28. The van der Waals surface area contributed by atoms with Gasteiger partial charge in [-0.3, -0.25) is 4.79 Å². The number of nitrogens with zero attached hydrogens (tertiary/aromatic N) is 3. The van der Waals surface area contributed by atoms with Crippen molar-refractivity contribution in [1.29, 1.82) is 0 Å². The number of morpholine rings is 1. The Hall–Kier alpha value is -1.89. The van der Waals surface area contributed by atoms with Crippen molar-refractivity contribution in [3.8, 4) is 0 Å². The Morgan fingerprint density at radius 2 is 2.33 bits per heavy atom. The average molecular weight is 293 g/mol. The number of rotatable bonds is 4. The van der Waals surface area contributed by atoms with Crippen molar-refractivity contribution in [3.05, 3.63) is 11.9 Å². The summed E-state index contributed by atoms with van der Waals surface area (Å²) in [4.78, 5) is 22.7. The molecule has 0 radical (unpaired) electrons. The molecular formula is C14H23N5O2. The van der Waals surface area contributed by atoms with Gasteiger partial charge in [0.05, 0.1) is 13.2 Å². The number of amides is 1. The first-order chi connectivity index (χ1) is 10.1. The van der Waals surface area contributed by atoms with Gasteiger partial charge in [0.1, 0.15) is 24.0 Å². The number of nitrogens with two attached hydrogens (primary N) is 1. The van der Waals surface area contributed by atoms with Gasteiger partial charge in [-0.15, -0.1) is 0 Å². The summed E-state index contributed by atoms with van der Waals surface area (Å²) < 4.78 is 5.45. The van der Waals surface area contributed by atoms with E-state index in [4.69, 9.17) is 10.5 Å². The summed E-state index contributed by atoms with van der Waals surface area (Å²) in [5, 5.41) is 2.84. The Labute approximate surface area is 124 Å². The van der Waals surface area contributed by atoms with Crippen LogP contribution in [-0.4, -0.2) is 48.2 Å². The van der Waals surface area contributed by atoms with Gasteiger partial charge < -0.3 is 20.7 Å². The maximum atomic E-state index is 12.2. The van der Waals surface area contributed by atoms with Crippen LogP contribution >= 0.6 is 0 Å². The van der Waals surface area contributed by atoms with E-state index in [1.54, 1.807) is 0 Å². The number of carbonyl (C=O) groups excluding carboxylic acids is 1. The zero-order valence-corrected chi connectivity index (χ0v) is 12.8. The van der Waals surface area contributed by atoms with Crippen LogP contribution in [0.15, 0.2) is 6.33 Å². The highest BCUT2D eigenvalue weighted by Gasteiger charge is 2.32. The molecule has 0 aromatic carbocycles. The van der Waals surface area contributed by atoms with Crippen LogP contribution in [0.4, 0.5) is 11.6 Å². The molecule has 0 spiro atoms. The monoisotopic (exact) mass is 293 g/mol. The van der Waals surface area contributed by atoms with E-state index >= 15 is 0 Å². The van der Waals surface area contributed by atoms with Gasteiger partial charge in [-0.2, -0.15) is 0 Å². The second-order valence-electron chi connectivity index (χ2n) is 5.33. The number of nitrogen functional groups attached to an aromatic ring is 1. The summed E-state index contributed by atoms with van der Waals surface area (Å²) in [7, 11) is 0. The van der Waals surface area contributed by atoms with Crippen LogP contribution < -0.4 is 16.0 Å². The molecule has 2 rings (SSSR count). The maximum Gasteiger partial charge on any atom is 0.245 e. The largest absolute Gasteiger partial charge is 0.383 e. The maximum absolute atomic E-state index is 12.2. The molecule has 1 aliphatic heterocycles. The Bertz CT molecular complexity index is 506. The molecule has 1 atom stereocenters. The van der Waals surface area contributed by atoms with Crippen LogP contribution in [0.25, 0.3) is 0 Å². The summed E-state index contributed by atoms with van der Waals surface area (Å²) in [5.74, 6) is 1.33. The Balaban J connectivity index is 2.38. The summed E-state index contributed by atoms with van der Waals surface area (Å²) in [5.41, 5.74) is 6.88. The molecule has 0 aliphatic carbocycles. The van der Waals surface area contributed by atoms with Crippen molar-refractivity contribution in [1.82, 2.24) is 15.3 Å². The summed E-state index contributed by atoms with van der Waals surface area (Å²) in [6, 6.07) is -0.384. The molecular weight excluding hydrogens is 270 g/mol. The highest BCUT2D eigenvalue weighted by atomic mass is 16.5. The third kappa shape index (κ3) is 3.24. The molecule has 1 unspecified atom stereocenters. The molecule has 21 heavy (non-hydrogen) atoms. The molecule has 1 aromatic rings. The molecule has 1 saturated heterocycles. The number of aromatic nitrogens is 2. The molecule has 0 bridgehead atoms. The van der Waals surface area contributed by atoms with Gasteiger partial charge in [-0.1, -0.05) is 13.8 Å². The number of carbonyl (C=O) groups is 1. The van der Waals surface area contributed by atoms with Gasteiger partial charge in [0.2, 0.25) is 5.91 Å². The van der Waals surface area contributed by atoms with E-state index in [1.807, 2.05) is 25.7 Å². The molecule has 1 aromatic heterocycles. The minimum atomic E-state index is -0.384. The lowest BCUT2D eigenvalue weighted by molar-refractivity contribution is -0.124. The second kappa shape index (κ2) is 6.71. The zero-order valence-electron chi connectivity index (χ0n) is 12.8. The van der Waals surface area contributed by atoms with E-state index in [9.17, 15) is 4.79 Å². The predicted octanol–water partition coefficient (Wildman–Crippen LogP) is 0.524. The minimum Gasteiger partial charge on any atom is -0.383 e. The molecule has 7 nitrogen and oxygen atoms in total. The van der Waals surface area contributed by atoms with Crippen molar-refractivity contribution in [2.45, 2.75) is 32.7 Å². The topological polar surface area (TPSA) is 93.4 Å². The smallest absolute Gasteiger partial charge is 0.245 e. The number of likely N-dealkylation sites (N-methyl/N-ethyl adjacent to an activating group) is 1. The van der Waals surface area contributed by atoms with Crippen molar-refractivity contribution >= 4 is 17.5 Å². The Kier molecular flexibility index (Phi) is 4.95. The lowest BCUT2D eigenvalue weighted by atomic mass is 10.0. The minimum absolute atomic E-state index is 0.0518. The van der Waals surface area contributed by atoms with Gasteiger partial charge in [0.25, 0.3) is 0 Å². The quantitative estimate of drug-likeness (QED) is 0.841. The zero-order chi connectivity index (χ0) is 15.4. The molecule has 1 amide bonds. The van der Waals surface area contributed by atoms with Crippen LogP contribution in [0.2, 0.25) is 0 Å². The van der Waals surface area contributed by atoms with E-state index in [-0.39, 0.29) is 17.9 Å². The number of anilines is 2. The molecule has 116 valence electrons. The molecule has 2 heterocycles. The average Bonchev–Trinajstić information content (AvgIpc) is 2.47. The number of hydrogen-bond acceptors (Lipinski definition) is 6. The summed E-state index contributed by atoms with van der Waals surface area (Å²) in [6.45, 7) is 8.10. The third-order valence-corrected chi connectivity index (χ3v) is 3.53. The normalized spacial score (nSPS) is 18.9. The Morgan fingerprint density at radius 1 is 1.57 bits per heavy atom. The first-order valence-corrected chi connectivity index (χ1v) is 7.28. The summed E-state index contributed by atoms with van der Waals surface area (Å²) >= 11 is 0. The highest BCUT2D eigenvalue weighted by molar-refractivity contribution is 5.85. The van der Waals surface area contributed by atoms with Gasteiger partial charge in [0, 0.05) is 18.7 Å². The van der Waals surface area contributed by atoms with Crippen LogP contribution in [0.1, 0.15) is 32.3 Å². The van der Waals surface area contributed by atoms with Crippen LogP contribution in [0, 0.1) is 0 Å². The van der Waals surface area contributed by atoms with Crippen molar-refractivity contribution in [2.75, 3.05) is 36.9 Å². The van der Waals surface area contributed by atoms with Crippen LogP contribution in [0.5, 0.6) is 0 Å². The SMILES string of the molecule is CCNC(=O)C1COCCN1c1ncnc(N)c1C(C)C. The van der Waals surface area contributed by atoms with Gasteiger partial charge >= 0.3 is 0 Å². The lowest BCUT2D eigenvalue weighted by Gasteiger charge is -2.36. The molecule has 3 N–H and O–H groups in total. The van der Waals surface area contributed by atoms with Gasteiger partial charge in [0.15, 0.2) is 0 Å². The van der Waals surface area contributed by atoms with E-state index in [2.05, 4.69) is 15.3 Å². The van der Waals surface area contributed by atoms with Crippen molar-refractivity contribution in [3.63, 3.8) is 0 Å². The molecule has 0 saturated carbocycles. The number of nitrogens with one attached hydrogen (secondary N) is 1. The number of hydrogen-bond donors (Lipinski definition) is 2. The van der Waals surface area contributed by atoms with Gasteiger partial charge in [-0.05, 0) is 12.8 Å². The number of ether oxygens (including phenoxy) is 1. The van der Waals surface area contributed by atoms with Crippen LogP contribution in [-0.2, 0) is 9.53 Å². The van der Waals surface area contributed by atoms with E-state index in [0.29, 0.717) is 32.1 Å². The van der Waals surface area contributed by atoms with Crippen LogP contribution in [0.3, 0.4) is 0 Å². The van der Waals surface area contributed by atoms with E-state index in [0.717, 1.165) is 11.4 Å². The van der Waals surface area contributed by atoms with Crippen molar-refractivity contribution in [2.24, 2.45) is 0 Å².